The third-order valence-corrected chi connectivity index (χ3v) is 3.27. The maximum absolute atomic E-state index is 11.5. The number of carbonyl (C=O) groups is 1. The van der Waals surface area contributed by atoms with Crippen molar-refractivity contribution in [3.05, 3.63) is 28.2 Å². The van der Waals surface area contributed by atoms with Crippen molar-refractivity contribution in [3.8, 4) is 0 Å². The molecule has 0 radical (unpaired) electrons. The Morgan fingerprint density at radius 2 is 2.33 bits per heavy atom. The van der Waals surface area contributed by atoms with Crippen LogP contribution in [-0.2, 0) is 16.0 Å². The summed E-state index contributed by atoms with van der Waals surface area (Å²) >= 11 is 3.42. The molecule has 1 atom stereocenters. The van der Waals surface area contributed by atoms with E-state index in [-0.39, 0.29) is 12.0 Å². The maximum Gasteiger partial charge on any atom is 0.328 e. The van der Waals surface area contributed by atoms with Gasteiger partial charge in [0.1, 0.15) is 6.04 Å². The predicted octanol–water partition coefficient (Wildman–Crippen LogP) is 1.98. The number of carbonyl (C=O) groups excluding carboxylic acids is 1. The summed E-state index contributed by atoms with van der Waals surface area (Å²) in [6.45, 7) is 0. The molecule has 0 saturated heterocycles. The molecule has 1 aromatic rings. The molecule has 1 aromatic carbocycles. The molecule has 1 heterocycles. The van der Waals surface area contributed by atoms with Gasteiger partial charge in [-0.25, -0.2) is 4.79 Å². The minimum atomic E-state index is -0.181. The zero-order valence-electron chi connectivity index (χ0n) is 8.66. The van der Waals surface area contributed by atoms with Crippen LogP contribution in [0.2, 0.25) is 0 Å². The highest BCUT2D eigenvalue weighted by molar-refractivity contribution is 9.10. The minimum Gasteiger partial charge on any atom is -0.467 e. The van der Waals surface area contributed by atoms with Crippen LogP contribution in [0.3, 0.4) is 0 Å². The summed E-state index contributed by atoms with van der Waals surface area (Å²) in [7, 11) is 3.34. The number of likely N-dealkylation sites (N-methyl/N-ethyl adjacent to an activating group) is 1. The molecule has 4 heteroatoms. The molecule has 0 saturated carbocycles. The molecule has 0 aromatic heterocycles. The number of benzene rings is 1. The molecule has 0 amide bonds. The van der Waals surface area contributed by atoms with E-state index in [2.05, 4.69) is 22.0 Å². The largest absolute Gasteiger partial charge is 0.467 e. The van der Waals surface area contributed by atoms with E-state index >= 15 is 0 Å². The number of ether oxygens (including phenoxy) is 1. The summed E-state index contributed by atoms with van der Waals surface area (Å²) in [5.74, 6) is -0.176. The number of fused-ring (bicyclic) bond motifs is 1. The van der Waals surface area contributed by atoms with Crippen molar-refractivity contribution >= 4 is 27.6 Å². The first-order valence-electron chi connectivity index (χ1n) is 4.72. The van der Waals surface area contributed by atoms with E-state index in [4.69, 9.17) is 4.74 Å². The Morgan fingerprint density at radius 1 is 1.60 bits per heavy atom. The standard InChI is InChI=1S/C11H12BrNO2/c1-13-9-4-3-8(12)5-7(9)6-10(13)11(14)15-2/h3-5,10H,6H2,1-2H3. The summed E-state index contributed by atoms with van der Waals surface area (Å²) in [4.78, 5) is 13.5. The van der Waals surface area contributed by atoms with Gasteiger partial charge in [-0.2, -0.15) is 0 Å². The van der Waals surface area contributed by atoms with Crippen LogP contribution in [0.15, 0.2) is 22.7 Å². The number of hydrogen-bond donors (Lipinski definition) is 0. The second kappa shape index (κ2) is 3.85. The predicted molar refractivity (Wildman–Crippen MR) is 62.1 cm³/mol. The number of rotatable bonds is 1. The highest BCUT2D eigenvalue weighted by Crippen LogP contribution is 2.33. The van der Waals surface area contributed by atoms with Crippen LogP contribution in [0.1, 0.15) is 5.56 Å². The molecule has 15 heavy (non-hydrogen) atoms. The van der Waals surface area contributed by atoms with E-state index in [1.54, 1.807) is 0 Å². The third kappa shape index (κ3) is 1.74. The van der Waals surface area contributed by atoms with Gasteiger partial charge in [0.25, 0.3) is 0 Å². The van der Waals surface area contributed by atoms with Crippen LogP contribution in [-0.4, -0.2) is 26.2 Å². The zero-order valence-corrected chi connectivity index (χ0v) is 10.2. The highest BCUT2D eigenvalue weighted by Gasteiger charge is 2.32. The minimum absolute atomic E-state index is 0.176. The molecule has 0 spiro atoms. The molecule has 0 N–H and O–H groups in total. The average molecular weight is 270 g/mol. The summed E-state index contributed by atoms with van der Waals surface area (Å²) in [6.07, 6.45) is 0.720. The molecule has 1 aliphatic rings. The highest BCUT2D eigenvalue weighted by atomic mass is 79.9. The normalized spacial score (nSPS) is 18.9. The monoisotopic (exact) mass is 269 g/mol. The van der Waals surface area contributed by atoms with Crippen molar-refractivity contribution in [2.24, 2.45) is 0 Å². The summed E-state index contributed by atoms with van der Waals surface area (Å²) in [6, 6.07) is 5.87. The number of halogens is 1. The van der Waals surface area contributed by atoms with E-state index in [0.29, 0.717) is 0 Å². The molecule has 1 aliphatic heterocycles. The quantitative estimate of drug-likeness (QED) is 0.731. The Hall–Kier alpha value is -1.03. The van der Waals surface area contributed by atoms with Gasteiger partial charge in [-0.3, -0.25) is 0 Å². The van der Waals surface area contributed by atoms with E-state index in [1.807, 2.05) is 24.1 Å². The van der Waals surface area contributed by atoms with Gasteiger partial charge >= 0.3 is 5.97 Å². The first kappa shape index (κ1) is 10.5. The Balaban J connectivity index is 2.32. The Labute approximate surface area is 97.2 Å². The lowest BCUT2D eigenvalue weighted by molar-refractivity contribution is -0.141. The molecule has 0 fully saturated rings. The van der Waals surface area contributed by atoms with Gasteiger partial charge in [0.05, 0.1) is 7.11 Å². The van der Waals surface area contributed by atoms with E-state index in [1.165, 1.54) is 12.7 Å². The Bertz CT molecular complexity index is 406. The number of nitrogens with zero attached hydrogens (tertiary/aromatic N) is 1. The van der Waals surface area contributed by atoms with Gasteiger partial charge in [0, 0.05) is 23.6 Å². The molecular weight excluding hydrogens is 258 g/mol. The molecule has 0 bridgehead atoms. The topological polar surface area (TPSA) is 29.5 Å². The molecule has 80 valence electrons. The third-order valence-electron chi connectivity index (χ3n) is 2.78. The smallest absolute Gasteiger partial charge is 0.328 e. The fourth-order valence-electron chi connectivity index (χ4n) is 1.95. The number of esters is 1. The number of anilines is 1. The Morgan fingerprint density at radius 3 is 3.00 bits per heavy atom. The lowest BCUT2D eigenvalue weighted by Gasteiger charge is -2.19. The lowest BCUT2D eigenvalue weighted by Crippen LogP contribution is -2.36. The fraction of sp³-hybridized carbons (Fsp3) is 0.364. The molecule has 0 aliphatic carbocycles. The SMILES string of the molecule is COC(=O)C1Cc2cc(Br)ccc2N1C. The summed E-state index contributed by atoms with van der Waals surface area (Å²) in [5.41, 5.74) is 2.29. The van der Waals surface area contributed by atoms with Crippen molar-refractivity contribution in [2.75, 3.05) is 19.1 Å². The van der Waals surface area contributed by atoms with Gasteiger partial charge in [0.2, 0.25) is 0 Å². The fourth-order valence-corrected chi connectivity index (χ4v) is 2.36. The summed E-state index contributed by atoms with van der Waals surface area (Å²) in [5, 5.41) is 0. The maximum atomic E-state index is 11.5. The van der Waals surface area contributed by atoms with Crippen LogP contribution >= 0.6 is 15.9 Å². The van der Waals surface area contributed by atoms with Crippen LogP contribution in [0.25, 0.3) is 0 Å². The molecule has 3 nitrogen and oxygen atoms in total. The first-order valence-corrected chi connectivity index (χ1v) is 5.52. The van der Waals surface area contributed by atoms with Crippen molar-refractivity contribution < 1.29 is 9.53 Å². The van der Waals surface area contributed by atoms with Crippen LogP contribution < -0.4 is 4.90 Å². The molecule has 1 unspecified atom stereocenters. The first-order chi connectivity index (χ1) is 7.13. The zero-order chi connectivity index (χ0) is 11.0. The van der Waals surface area contributed by atoms with Gasteiger partial charge in [-0.1, -0.05) is 15.9 Å². The van der Waals surface area contributed by atoms with Gasteiger partial charge in [-0.15, -0.1) is 0 Å². The van der Waals surface area contributed by atoms with Gasteiger partial charge < -0.3 is 9.64 Å². The number of methoxy groups -OCH3 is 1. The Kier molecular flexibility index (Phi) is 2.69. The van der Waals surface area contributed by atoms with Crippen molar-refractivity contribution in [1.82, 2.24) is 0 Å². The molecular formula is C11H12BrNO2. The second-order valence-corrected chi connectivity index (χ2v) is 4.54. The van der Waals surface area contributed by atoms with Crippen molar-refractivity contribution in [3.63, 3.8) is 0 Å². The second-order valence-electron chi connectivity index (χ2n) is 3.63. The van der Waals surface area contributed by atoms with E-state index in [0.717, 1.165) is 16.6 Å². The lowest BCUT2D eigenvalue weighted by atomic mass is 10.1. The number of hydrogen-bond acceptors (Lipinski definition) is 3. The van der Waals surface area contributed by atoms with E-state index in [9.17, 15) is 4.79 Å². The summed E-state index contributed by atoms with van der Waals surface area (Å²) < 4.78 is 5.82. The average Bonchev–Trinajstić information content (AvgIpc) is 2.54. The van der Waals surface area contributed by atoms with Crippen molar-refractivity contribution in [1.29, 1.82) is 0 Å². The molecule has 2 rings (SSSR count). The van der Waals surface area contributed by atoms with Crippen molar-refractivity contribution in [2.45, 2.75) is 12.5 Å². The van der Waals surface area contributed by atoms with Crippen LogP contribution in [0, 0.1) is 0 Å². The van der Waals surface area contributed by atoms with Gasteiger partial charge in [-0.05, 0) is 23.8 Å². The van der Waals surface area contributed by atoms with Crippen LogP contribution in [0.4, 0.5) is 5.69 Å². The van der Waals surface area contributed by atoms with Gasteiger partial charge in [0.15, 0.2) is 0 Å². The van der Waals surface area contributed by atoms with E-state index < -0.39 is 0 Å². The van der Waals surface area contributed by atoms with Crippen LogP contribution in [0.5, 0.6) is 0 Å².